The van der Waals surface area contributed by atoms with Gasteiger partial charge in [0.2, 0.25) is 0 Å². The molecule has 0 aliphatic rings. The number of hydrogen-bond acceptors (Lipinski definition) is 1. The second-order valence-corrected chi connectivity index (χ2v) is 5.07. The van der Waals surface area contributed by atoms with Crippen LogP contribution in [0.1, 0.15) is 5.56 Å². The largest absolute Gasteiger partial charge is 0.456 e. The Balaban J connectivity index is 2.14. The standard InChI is InChI=1S/C15H11BrO/c1-10-2-4-11(5-3-10)15-9-12-8-13(16)6-7-14(12)17-15/h2-9H,1H3. The van der Waals surface area contributed by atoms with E-state index in [1.165, 1.54) is 5.56 Å². The molecule has 2 aromatic carbocycles. The zero-order chi connectivity index (χ0) is 11.8. The first-order chi connectivity index (χ1) is 8.22. The molecule has 0 fully saturated rings. The van der Waals surface area contributed by atoms with Crippen LogP contribution < -0.4 is 0 Å². The van der Waals surface area contributed by atoms with Crippen molar-refractivity contribution in [3.05, 3.63) is 58.6 Å². The molecule has 0 bridgehead atoms. The summed E-state index contributed by atoms with van der Waals surface area (Å²) in [7, 11) is 0. The molecule has 3 rings (SSSR count). The van der Waals surface area contributed by atoms with E-state index in [9.17, 15) is 0 Å². The predicted octanol–water partition coefficient (Wildman–Crippen LogP) is 5.17. The van der Waals surface area contributed by atoms with E-state index in [0.29, 0.717) is 0 Å². The van der Waals surface area contributed by atoms with Crippen molar-refractivity contribution in [3.63, 3.8) is 0 Å². The van der Waals surface area contributed by atoms with Gasteiger partial charge >= 0.3 is 0 Å². The maximum absolute atomic E-state index is 5.83. The highest BCUT2D eigenvalue weighted by molar-refractivity contribution is 9.10. The SMILES string of the molecule is Cc1ccc(-c2cc3cc(Br)ccc3o2)cc1. The molecule has 1 heterocycles. The molecule has 0 N–H and O–H groups in total. The van der Waals surface area contributed by atoms with Crippen LogP contribution in [-0.2, 0) is 0 Å². The summed E-state index contributed by atoms with van der Waals surface area (Å²) in [6.07, 6.45) is 0. The molecular formula is C15H11BrO. The van der Waals surface area contributed by atoms with Crippen molar-refractivity contribution < 1.29 is 4.42 Å². The molecule has 0 saturated heterocycles. The third kappa shape index (κ3) is 2.01. The molecular weight excluding hydrogens is 276 g/mol. The highest BCUT2D eigenvalue weighted by atomic mass is 79.9. The second-order valence-electron chi connectivity index (χ2n) is 4.16. The van der Waals surface area contributed by atoms with E-state index in [0.717, 1.165) is 26.8 Å². The van der Waals surface area contributed by atoms with Crippen molar-refractivity contribution in [2.75, 3.05) is 0 Å². The Labute approximate surface area is 108 Å². The number of furan rings is 1. The summed E-state index contributed by atoms with van der Waals surface area (Å²) >= 11 is 3.47. The van der Waals surface area contributed by atoms with E-state index in [1.807, 2.05) is 12.1 Å². The number of hydrogen-bond donors (Lipinski definition) is 0. The average molecular weight is 287 g/mol. The number of halogens is 1. The number of fused-ring (bicyclic) bond motifs is 1. The minimum atomic E-state index is 0.915. The van der Waals surface area contributed by atoms with Crippen molar-refractivity contribution in [2.45, 2.75) is 6.92 Å². The summed E-state index contributed by atoms with van der Waals surface area (Å²) in [6, 6.07) is 16.5. The minimum Gasteiger partial charge on any atom is -0.456 e. The van der Waals surface area contributed by atoms with E-state index in [1.54, 1.807) is 0 Å². The van der Waals surface area contributed by atoms with Crippen molar-refractivity contribution in [1.29, 1.82) is 0 Å². The summed E-state index contributed by atoms with van der Waals surface area (Å²) < 4.78 is 6.90. The molecule has 17 heavy (non-hydrogen) atoms. The number of rotatable bonds is 1. The van der Waals surface area contributed by atoms with Gasteiger partial charge in [-0.1, -0.05) is 45.8 Å². The van der Waals surface area contributed by atoms with Gasteiger partial charge in [0.15, 0.2) is 0 Å². The molecule has 1 nitrogen and oxygen atoms in total. The molecule has 0 aliphatic heterocycles. The van der Waals surface area contributed by atoms with Crippen LogP contribution in [-0.4, -0.2) is 0 Å². The Morgan fingerprint density at radius 3 is 2.47 bits per heavy atom. The van der Waals surface area contributed by atoms with Gasteiger partial charge in [0.05, 0.1) is 0 Å². The Kier molecular flexibility index (Phi) is 2.52. The van der Waals surface area contributed by atoms with Crippen LogP contribution >= 0.6 is 15.9 Å². The lowest BCUT2D eigenvalue weighted by Gasteiger charge is -1.96. The quantitative estimate of drug-likeness (QED) is 0.601. The molecule has 0 aliphatic carbocycles. The maximum atomic E-state index is 5.83. The number of aryl methyl sites for hydroxylation is 1. The smallest absolute Gasteiger partial charge is 0.135 e. The molecule has 0 amide bonds. The fraction of sp³-hybridized carbons (Fsp3) is 0.0667. The fourth-order valence-corrected chi connectivity index (χ4v) is 2.25. The van der Waals surface area contributed by atoms with E-state index in [2.05, 4.69) is 59.3 Å². The Hall–Kier alpha value is -1.54. The zero-order valence-electron chi connectivity index (χ0n) is 9.41. The van der Waals surface area contributed by atoms with E-state index < -0.39 is 0 Å². The monoisotopic (exact) mass is 286 g/mol. The third-order valence-corrected chi connectivity index (χ3v) is 3.31. The van der Waals surface area contributed by atoms with Crippen LogP contribution in [0.3, 0.4) is 0 Å². The molecule has 2 heteroatoms. The fourth-order valence-electron chi connectivity index (χ4n) is 1.87. The zero-order valence-corrected chi connectivity index (χ0v) is 11.0. The lowest BCUT2D eigenvalue weighted by atomic mass is 10.1. The summed E-state index contributed by atoms with van der Waals surface area (Å²) in [5, 5.41) is 1.12. The lowest BCUT2D eigenvalue weighted by molar-refractivity contribution is 0.631. The van der Waals surface area contributed by atoms with Gasteiger partial charge in [0, 0.05) is 15.4 Å². The normalized spacial score (nSPS) is 10.9. The van der Waals surface area contributed by atoms with Gasteiger partial charge in [-0.05, 0) is 31.2 Å². The van der Waals surface area contributed by atoms with Gasteiger partial charge in [-0.15, -0.1) is 0 Å². The lowest BCUT2D eigenvalue weighted by Crippen LogP contribution is -1.74. The second kappa shape index (κ2) is 4.04. The Morgan fingerprint density at radius 2 is 1.71 bits per heavy atom. The van der Waals surface area contributed by atoms with Crippen LogP contribution in [0.15, 0.2) is 57.4 Å². The molecule has 1 aromatic heterocycles. The summed E-state index contributed by atoms with van der Waals surface area (Å²) in [4.78, 5) is 0. The Morgan fingerprint density at radius 1 is 0.941 bits per heavy atom. The van der Waals surface area contributed by atoms with Gasteiger partial charge in [0.25, 0.3) is 0 Å². The van der Waals surface area contributed by atoms with E-state index in [4.69, 9.17) is 4.42 Å². The van der Waals surface area contributed by atoms with Gasteiger partial charge in [-0.3, -0.25) is 0 Å². The van der Waals surface area contributed by atoms with Crippen LogP contribution in [0.4, 0.5) is 0 Å². The average Bonchev–Trinajstić information content (AvgIpc) is 2.72. The summed E-state index contributed by atoms with van der Waals surface area (Å²) in [5.41, 5.74) is 3.29. The van der Waals surface area contributed by atoms with Crippen LogP contribution in [0.5, 0.6) is 0 Å². The van der Waals surface area contributed by atoms with Gasteiger partial charge in [-0.25, -0.2) is 0 Å². The summed E-state index contributed by atoms with van der Waals surface area (Å²) in [6.45, 7) is 2.08. The van der Waals surface area contributed by atoms with Gasteiger partial charge in [-0.2, -0.15) is 0 Å². The molecule has 0 radical (unpaired) electrons. The highest BCUT2D eigenvalue weighted by Gasteiger charge is 2.05. The third-order valence-electron chi connectivity index (χ3n) is 2.81. The molecule has 0 spiro atoms. The van der Waals surface area contributed by atoms with Crippen LogP contribution in [0.2, 0.25) is 0 Å². The topological polar surface area (TPSA) is 13.1 Å². The van der Waals surface area contributed by atoms with Crippen molar-refractivity contribution in [1.82, 2.24) is 0 Å². The minimum absolute atomic E-state index is 0.915. The van der Waals surface area contributed by atoms with Crippen molar-refractivity contribution in [3.8, 4) is 11.3 Å². The molecule has 0 unspecified atom stereocenters. The molecule has 3 aromatic rings. The first kappa shape index (κ1) is 10.6. The summed E-state index contributed by atoms with van der Waals surface area (Å²) in [5.74, 6) is 0.915. The predicted molar refractivity (Wildman–Crippen MR) is 74.1 cm³/mol. The van der Waals surface area contributed by atoms with E-state index >= 15 is 0 Å². The first-order valence-corrected chi connectivity index (χ1v) is 6.28. The van der Waals surface area contributed by atoms with Crippen LogP contribution in [0.25, 0.3) is 22.3 Å². The highest BCUT2D eigenvalue weighted by Crippen LogP contribution is 2.29. The Bertz CT molecular complexity index is 665. The van der Waals surface area contributed by atoms with Gasteiger partial charge in [0.1, 0.15) is 11.3 Å². The molecule has 0 saturated carbocycles. The molecule has 84 valence electrons. The van der Waals surface area contributed by atoms with E-state index in [-0.39, 0.29) is 0 Å². The van der Waals surface area contributed by atoms with Crippen molar-refractivity contribution >= 4 is 26.9 Å². The van der Waals surface area contributed by atoms with Crippen molar-refractivity contribution in [2.24, 2.45) is 0 Å². The first-order valence-electron chi connectivity index (χ1n) is 5.48. The van der Waals surface area contributed by atoms with Gasteiger partial charge < -0.3 is 4.42 Å². The maximum Gasteiger partial charge on any atom is 0.135 e. The van der Waals surface area contributed by atoms with Crippen LogP contribution in [0, 0.1) is 6.92 Å². The molecule has 0 atom stereocenters. The number of benzene rings is 2.